The van der Waals surface area contributed by atoms with Crippen molar-refractivity contribution in [2.24, 2.45) is 0 Å². The fraction of sp³-hybridized carbons (Fsp3) is 0.300. The Bertz CT molecular complexity index is 421. The Morgan fingerprint density at radius 3 is 3.07 bits per heavy atom. The summed E-state index contributed by atoms with van der Waals surface area (Å²) in [7, 11) is 0. The van der Waals surface area contributed by atoms with Crippen molar-refractivity contribution in [2.45, 2.75) is 13.3 Å². The fourth-order valence-corrected chi connectivity index (χ4v) is 2.07. The van der Waals surface area contributed by atoms with Gasteiger partial charge in [-0.1, -0.05) is 0 Å². The minimum atomic E-state index is 0.544. The molecule has 0 fully saturated rings. The van der Waals surface area contributed by atoms with Gasteiger partial charge >= 0.3 is 0 Å². The summed E-state index contributed by atoms with van der Waals surface area (Å²) in [6, 6.07) is 2.09. The minimum absolute atomic E-state index is 0.544. The zero-order valence-electron chi connectivity index (χ0n) is 7.79. The van der Waals surface area contributed by atoms with Gasteiger partial charge in [-0.05, 0) is 13.0 Å². The molecule has 0 bridgehead atoms. The van der Waals surface area contributed by atoms with Crippen molar-refractivity contribution in [3.63, 3.8) is 0 Å². The van der Waals surface area contributed by atoms with Gasteiger partial charge in [-0.3, -0.25) is 0 Å². The van der Waals surface area contributed by atoms with Crippen LogP contribution in [0.15, 0.2) is 22.1 Å². The van der Waals surface area contributed by atoms with Gasteiger partial charge in [0.15, 0.2) is 11.7 Å². The molecule has 0 unspecified atom stereocenters. The van der Waals surface area contributed by atoms with Crippen LogP contribution < -0.4 is 0 Å². The van der Waals surface area contributed by atoms with Crippen molar-refractivity contribution in [1.82, 2.24) is 4.98 Å². The zero-order chi connectivity index (χ0) is 9.97. The van der Waals surface area contributed by atoms with Gasteiger partial charge in [0.2, 0.25) is 0 Å². The van der Waals surface area contributed by atoms with E-state index in [1.54, 1.807) is 17.5 Å². The number of aryl methyl sites for hydroxylation is 2. The van der Waals surface area contributed by atoms with E-state index in [0.717, 1.165) is 11.3 Å². The molecule has 0 aliphatic rings. The van der Waals surface area contributed by atoms with Crippen molar-refractivity contribution >= 4 is 22.9 Å². The Morgan fingerprint density at radius 1 is 1.57 bits per heavy atom. The number of alkyl halides is 1. The van der Waals surface area contributed by atoms with Crippen LogP contribution >= 0.6 is 22.9 Å². The lowest BCUT2D eigenvalue weighted by molar-refractivity contribution is 0.515. The highest BCUT2D eigenvalue weighted by Gasteiger charge is 2.06. The third kappa shape index (κ3) is 1.99. The zero-order valence-corrected chi connectivity index (χ0v) is 9.36. The van der Waals surface area contributed by atoms with Gasteiger partial charge in [-0.25, -0.2) is 4.98 Å². The second-order valence-electron chi connectivity index (χ2n) is 3.00. The maximum atomic E-state index is 5.60. The molecule has 0 N–H and O–H groups in total. The summed E-state index contributed by atoms with van der Waals surface area (Å²) in [5.41, 5.74) is 1.10. The van der Waals surface area contributed by atoms with E-state index in [4.69, 9.17) is 16.0 Å². The molecule has 0 saturated carbocycles. The Kier molecular flexibility index (Phi) is 2.89. The second kappa shape index (κ2) is 4.15. The number of nitrogens with zero attached hydrogens (tertiary/aromatic N) is 1. The molecular formula is C10H10ClNOS. The van der Waals surface area contributed by atoms with Gasteiger partial charge in [-0.2, -0.15) is 0 Å². The molecule has 0 saturated heterocycles. The molecule has 0 aliphatic heterocycles. The van der Waals surface area contributed by atoms with Crippen molar-refractivity contribution in [1.29, 1.82) is 0 Å². The second-order valence-corrected chi connectivity index (χ2v) is 4.50. The number of thiophene rings is 1. The first kappa shape index (κ1) is 9.74. The lowest BCUT2D eigenvalue weighted by Crippen LogP contribution is -1.83. The van der Waals surface area contributed by atoms with Gasteiger partial charge in [0.05, 0.1) is 6.20 Å². The van der Waals surface area contributed by atoms with Crippen LogP contribution in [0.1, 0.15) is 10.8 Å². The van der Waals surface area contributed by atoms with Crippen LogP contribution in [0.3, 0.4) is 0 Å². The molecule has 0 radical (unpaired) electrons. The first-order valence-electron chi connectivity index (χ1n) is 4.36. The molecule has 2 nitrogen and oxygen atoms in total. The van der Waals surface area contributed by atoms with Crippen LogP contribution in [0, 0.1) is 6.92 Å². The van der Waals surface area contributed by atoms with Crippen LogP contribution in [0.2, 0.25) is 0 Å². The Balaban J connectivity index is 2.24. The molecule has 0 spiro atoms. The van der Waals surface area contributed by atoms with Crippen molar-refractivity contribution in [3.8, 4) is 11.3 Å². The monoisotopic (exact) mass is 227 g/mol. The molecule has 0 atom stereocenters. The van der Waals surface area contributed by atoms with E-state index in [-0.39, 0.29) is 0 Å². The first-order chi connectivity index (χ1) is 6.79. The summed E-state index contributed by atoms with van der Waals surface area (Å²) in [4.78, 5) is 5.42. The predicted molar refractivity (Wildman–Crippen MR) is 59.0 cm³/mol. The van der Waals surface area contributed by atoms with Crippen LogP contribution in [-0.2, 0) is 6.42 Å². The largest absolute Gasteiger partial charge is 0.441 e. The van der Waals surface area contributed by atoms with Crippen LogP contribution in [0.4, 0.5) is 0 Å². The lowest BCUT2D eigenvalue weighted by atomic mass is 10.3. The first-order valence-corrected chi connectivity index (χ1v) is 5.77. The number of hydrogen-bond acceptors (Lipinski definition) is 3. The molecule has 0 aliphatic carbocycles. The molecule has 0 amide bonds. The average Bonchev–Trinajstić information content (AvgIpc) is 2.74. The van der Waals surface area contributed by atoms with E-state index in [1.807, 2.05) is 0 Å². The summed E-state index contributed by atoms with van der Waals surface area (Å²) in [5, 5.41) is 2.07. The highest BCUT2D eigenvalue weighted by atomic mass is 35.5. The van der Waals surface area contributed by atoms with Gasteiger partial charge in [0.1, 0.15) is 0 Å². The summed E-state index contributed by atoms with van der Waals surface area (Å²) in [6.07, 6.45) is 2.44. The number of halogens is 1. The molecule has 4 heteroatoms. The standard InChI is InChI=1S/C10H10ClNOS/c1-7-4-8(6-14-7)9-5-12-10(13-9)2-3-11/h4-6H,2-3H2,1H3. The maximum Gasteiger partial charge on any atom is 0.196 e. The normalized spacial score (nSPS) is 10.7. The van der Waals surface area contributed by atoms with E-state index in [1.165, 1.54) is 4.88 Å². The summed E-state index contributed by atoms with van der Waals surface area (Å²) in [5.74, 6) is 2.08. The third-order valence-electron chi connectivity index (χ3n) is 1.88. The SMILES string of the molecule is Cc1cc(-c2cnc(CCCl)o2)cs1. The molecule has 2 heterocycles. The van der Waals surface area contributed by atoms with Crippen molar-refractivity contribution in [3.05, 3.63) is 28.4 Å². The number of rotatable bonds is 3. The van der Waals surface area contributed by atoms with Gasteiger partial charge in [0, 0.05) is 28.1 Å². The van der Waals surface area contributed by atoms with Crippen LogP contribution in [0.25, 0.3) is 11.3 Å². The van der Waals surface area contributed by atoms with Crippen molar-refractivity contribution < 1.29 is 4.42 Å². The summed E-state index contributed by atoms with van der Waals surface area (Å²) >= 11 is 7.31. The van der Waals surface area contributed by atoms with Crippen LogP contribution in [-0.4, -0.2) is 10.9 Å². The molecule has 74 valence electrons. The lowest BCUT2D eigenvalue weighted by Gasteiger charge is -1.89. The predicted octanol–water partition coefficient (Wildman–Crippen LogP) is 3.49. The number of aromatic nitrogens is 1. The molecular weight excluding hydrogens is 218 g/mol. The number of hydrogen-bond donors (Lipinski definition) is 0. The Morgan fingerprint density at radius 2 is 2.43 bits per heavy atom. The molecule has 0 aromatic carbocycles. The van der Waals surface area contributed by atoms with Crippen LogP contribution in [0.5, 0.6) is 0 Å². The highest BCUT2D eigenvalue weighted by molar-refractivity contribution is 7.10. The molecule has 14 heavy (non-hydrogen) atoms. The molecule has 2 aromatic heterocycles. The Hall–Kier alpha value is -0.800. The van der Waals surface area contributed by atoms with Gasteiger partial charge < -0.3 is 4.42 Å². The molecule has 2 aromatic rings. The van der Waals surface area contributed by atoms with Gasteiger partial charge in [-0.15, -0.1) is 22.9 Å². The minimum Gasteiger partial charge on any atom is -0.441 e. The Labute approximate surface area is 91.5 Å². The van der Waals surface area contributed by atoms with E-state index in [2.05, 4.69) is 23.4 Å². The smallest absolute Gasteiger partial charge is 0.196 e. The van der Waals surface area contributed by atoms with E-state index < -0.39 is 0 Å². The molecule has 2 rings (SSSR count). The fourth-order valence-electron chi connectivity index (χ4n) is 1.21. The van der Waals surface area contributed by atoms with Gasteiger partial charge in [0.25, 0.3) is 0 Å². The topological polar surface area (TPSA) is 26.0 Å². The summed E-state index contributed by atoms with van der Waals surface area (Å²) in [6.45, 7) is 2.07. The number of oxazole rings is 1. The van der Waals surface area contributed by atoms with E-state index >= 15 is 0 Å². The van der Waals surface area contributed by atoms with E-state index in [0.29, 0.717) is 18.2 Å². The third-order valence-corrected chi connectivity index (χ3v) is 2.93. The van der Waals surface area contributed by atoms with E-state index in [9.17, 15) is 0 Å². The highest BCUT2D eigenvalue weighted by Crippen LogP contribution is 2.25. The van der Waals surface area contributed by atoms with Crippen molar-refractivity contribution in [2.75, 3.05) is 5.88 Å². The quantitative estimate of drug-likeness (QED) is 0.751. The maximum absolute atomic E-state index is 5.60. The summed E-state index contributed by atoms with van der Waals surface area (Å²) < 4.78 is 5.53. The average molecular weight is 228 g/mol.